The van der Waals surface area contributed by atoms with Crippen LogP contribution in [0, 0.1) is 0 Å². The fraction of sp³-hybridized carbons (Fsp3) is 0.400. The van der Waals surface area contributed by atoms with Crippen LogP contribution in [-0.2, 0) is 22.1 Å². The summed E-state index contributed by atoms with van der Waals surface area (Å²) in [6.07, 6.45) is 7.55. The Labute approximate surface area is 242 Å². The Hall–Kier alpha value is -4.48. The molecule has 2 aliphatic heterocycles. The number of imidazole rings is 1. The van der Waals surface area contributed by atoms with Crippen molar-refractivity contribution >= 4 is 34.5 Å². The minimum absolute atomic E-state index is 0.0308. The quantitative estimate of drug-likeness (QED) is 0.342. The second-order valence-corrected chi connectivity index (χ2v) is 11.0. The molecule has 10 nitrogen and oxygen atoms in total. The summed E-state index contributed by atoms with van der Waals surface area (Å²) in [7, 11) is 0. The molecule has 12 heteroatoms. The molecule has 0 radical (unpaired) electrons. The third-order valence-electron chi connectivity index (χ3n) is 8.03. The molecule has 1 unspecified atom stereocenters. The molecular formula is C30H32F2N8O2. The summed E-state index contributed by atoms with van der Waals surface area (Å²) in [5.41, 5.74) is 3.32. The fourth-order valence-electron chi connectivity index (χ4n) is 5.69. The number of aromatic nitrogens is 5. The molecule has 1 aromatic carbocycles. The summed E-state index contributed by atoms with van der Waals surface area (Å²) >= 11 is 0. The van der Waals surface area contributed by atoms with E-state index in [0.29, 0.717) is 68.3 Å². The molecule has 0 spiro atoms. The van der Waals surface area contributed by atoms with Crippen LogP contribution < -0.4 is 9.80 Å². The zero-order chi connectivity index (χ0) is 29.4. The van der Waals surface area contributed by atoms with Gasteiger partial charge in [0.2, 0.25) is 11.9 Å². The number of hydrogen-bond acceptors (Lipinski definition) is 8. The Balaban J connectivity index is 1.22. The minimum atomic E-state index is -3.01. The average molecular weight is 575 g/mol. The molecule has 0 saturated carbocycles. The number of rotatable bonds is 6. The third kappa shape index (κ3) is 5.53. The van der Waals surface area contributed by atoms with Gasteiger partial charge in [-0.05, 0) is 31.2 Å². The number of halogens is 2. The van der Waals surface area contributed by atoms with Crippen molar-refractivity contribution < 1.29 is 18.4 Å². The number of benzene rings is 1. The summed E-state index contributed by atoms with van der Waals surface area (Å²) < 4.78 is 30.5. The van der Waals surface area contributed by atoms with Crippen LogP contribution >= 0.6 is 0 Å². The van der Waals surface area contributed by atoms with Crippen LogP contribution in [0.3, 0.4) is 0 Å². The zero-order valence-corrected chi connectivity index (χ0v) is 23.6. The molecule has 4 aromatic rings. The number of hydrogen-bond donors (Lipinski definition) is 0. The number of pyridine rings is 1. The molecule has 1 amide bonds. The number of nitrogens with zero attached hydrogens (tertiary/aromatic N) is 8. The topological polar surface area (TPSA) is 100 Å². The molecule has 2 fully saturated rings. The zero-order valence-electron chi connectivity index (χ0n) is 23.6. The van der Waals surface area contributed by atoms with Crippen LogP contribution in [0.15, 0.2) is 55.2 Å². The maximum absolute atomic E-state index is 14.4. The van der Waals surface area contributed by atoms with Crippen molar-refractivity contribution in [1.29, 1.82) is 0 Å². The largest absolute Gasteiger partial charge is 0.367 e. The van der Waals surface area contributed by atoms with Crippen LogP contribution in [0.2, 0.25) is 0 Å². The van der Waals surface area contributed by atoms with Crippen LogP contribution in [0.25, 0.3) is 22.3 Å². The van der Waals surface area contributed by atoms with Crippen molar-refractivity contribution in [1.82, 2.24) is 29.4 Å². The monoisotopic (exact) mass is 574 g/mol. The second kappa shape index (κ2) is 11.1. The summed E-state index contributed by atoms with van der Waals surface area (Å²) in [4.78, 5) is 48.6. The van der Waals surface area contributed by atoms with Gasteiger partial charge in [-0.15, -0.1) is 0 Å². The summed E-state index contributed by atoms with van der Waals surface area (Å²) in [6.45, 7) is 5.69. The molecule has 1 atom stereocenters. The van der Waals surface area contributed by atoms with E-state index in [4.69, 9.17) is 0 Å². The molecule has 0 bridgehead atoms. The van der Waals surface area contributed by atoms with Gasteiger partial charge in [-0.25, -0.2) is 28.7 Å². The minimum Gasteiger partial charge on any atom is -0.367 e. The van der Waals surface area contributed by atoms with Gasteiger partial charge in [-0.2, -0.15) is 0 Å². The van der Waals surface area contributed by atoms with Gasteiger partial charge in [0, 0.05) is 99.5 Å². The highest BCUT2D eigenvalue weighted by atomic mass is 19.3. The van der Waals surface area contributed by atoms with Crippen LogP contribution in [0.1, 0.15) is 32.3 Å². The normalized spacial score (nSPS) is 18.1. The number of carbonyl (C=O) groups is 2. The third-order valence-corrected chi connectivity index (χ3v) is 8.03. The second-order valence-electron chi connectivity index (χ2n) is 11.0. The first-order valence-corrected chi connectivity index (χ1v) is 14.1. The van der Waals surface area contributed by atoms with E-state index in [0.717, 1.165) is 18.1 Å². The van der Waals surface area contributed by atoms with Crippen LogP contribution in [0.4, 0.5) is 20.4 Å². The molecule has 0 aliphatic carbocycles. The first-order chi connectivity index (χ1) is 20.2. The number of piperazine rings is 1. The van der Waals surface area contributed by atoms with Crippen molar-refractivity contribution in [3.63, 3.8) is 0 Å². The Morgan fingerprint density at radius 1 is 1.00 bits per heavy atom. The van der Waals surface area contributed by atoms with Crippen molar-refractivity contribution in [3.8, 4) is 11.1 Å². The molecular weight excluding hydrogens is 542 g/mol. The van der Waals surface area contributed by atoms with Crippen molar-refractivity contribution in [2.24, 2.45) is 0 Å². The van der Waals surface area contributed by atoms with E-state index >= 15 is 0 Å². The van der Waals surface area contributed by atoms with Gasteiger partial charge in [-0.3, -0.25) is 9.59 Å². The summed E-state index contributed by atoms with van der Waals surface area (Å²) in [5, 5.41) is 0. The van der Waals surface area contributed by atoms with E-state index < -0.39 is 5.92 Å². The number of anilines is 2. The predicted octanol–water partition coefficient (Wildman–Crippen LogP) is 3.91. The highest BCUT2D eigenvalue weighted by molar-refractivity contribution is 5.82. The Bertz CT molecular complexity index is 1610. The lowest BCUT2D eigenvalue weighted by atomic mass is 9.99. The predicted molar refractivity (Wildman–Crippen MR) is 154 cm³/mol. The standard InChI is InChI=1S/C30H32F2N8O2/c1-20-17-38(12-13-40(20)27(42)18-39-19-36-25-4-3-9-33-28(25)39)26-6-5-22(30(2,31)32)14-24(26)21-15-34-29(35-16-21)37-10-7-23(41)8-11-37/h3-6,9,14-16,19-20H,7-8,10-13,17-18H2,1-2H3. The molecule has 2 aliphatic rings. The molecule has 6 rings (SSSR count). The van der Waals surface area contributed by atoms with E-state index in [1.165, 1.54) is 12.1 Å². The number of piperidine rings is 1. The smallest absolute Gasteiger partial charge is 0.270 e. The van der Waals surface area contributed by atoms with Gasteiger partial charge >= 0.3 is 0 Å². The van der Waals surface area contributed by atoms with E-state index in [1.807, 2.05) is 28.9 Å². The molecule has 2 saturated heterocycles. The number of fused-ring (bicyclic) bond motifs is 1. The van der Waals surface area contributed by atoms with Crippen molar-refractivity contribution in [3.05, 3.63) is 60.8 Å². The molecule has 218 valence electrons. The van der Waals surface area contributed by atoms with Crippen molar-refractivity contribution in [2.75, 3.05) is 42.5 Å². The Kier molecular flexibility index (Phi) is 7.29. The number of carbonyl (C=O) groups excluding carboxylic acids is 2. The molecule has 5 heterocycles. The van der Waals surface area contributed by atoms with Crippen LogP contribution in [-0.4, -0.2) is 79.9 Å². The highest BCUT2D eigenvalue weighted by Gasteiger charge is 2.31. The lowest BCUT2D eigenvalue weighted by molar-refractivity contribution is -0.134. The van der Waals surface area contributed by atoms with Crippen molar-refractivity contribution in [2.45, 2.75) is 45.2 Å². The number of ketones is 1. The highest BCUT2D eigenvalue weighted by Crippen LogP contribution is 2.37. The fourth-order valence-corrected chi connectivity index (χ4v) is 5.69. The van der Waals surface area contributed by atoms with E-state index in [9.17, 15) is 18.4 Å². The first kappa shape index (κ1) is 27.7. The van der Waals surface area contributed by atoms with Gasteiger partial charge < -0.3 is 19.3 Å². The number of amides is 1. The summed E-state index contributed by atoms with van der Waals surface area (Å²) in [5.74, 6) is -2.30. The van der Waals surface area contributed by atoms with Gasteiger partial charge in [0.15, 0.2) is 5.65 Å². The van der Waals surface area contributed by atoms with E-state index in [-0.39, 0.29) is 29.8 Å². The Morgan fingerprint density at radius 2 is 1.76 bits per heavy atom. The average Bonchev–Trinajstić information content (AvgIpc) is 3.39. The number of Topliss-reactive ketones (excluding diaryl/α,β-unsaturated/α-hetero) is 1. The maximum Gasteiger partial charge on any atom is 0.270 e. The number of alkyl halides is 2. The Morgan fingerprint density at radius 3 is 2.48 bits per heavy atom. The van der Waals surface area contributed by atoms with Gasteiger partial charge in [-0.1, -0.05) is 6.07 Å². The van der Waals surface area contributed by atoms with Gasteiger partial charge in [0.25, 0.3) is 5.92 Å². The summed E-state index contributed by atoms with van der Waals surface area (Å²) in [6, 6.07) is 8.24. The molecule has 0 N–H and O–H groups in total. The van der Waals surface area contributed by atoms with E-state index in [2.05, 4.69) is 24.8 Å². The molecule has 42 heavy (non-hydrogen) atoms. The lowest BCUT2D eigenvalue weighted by Crippen LogP contribution is -2.54. The van der Waals surface area contributed by atoms with Gasteiger partial charge in [0.05, 0.1) is 6.33 Å². The maximum atomic E-state index is 14.4. The van der Waals surface area contributed by atoms with E-state index in [1.54, 1.807) is 35.6 Å². The first-order valence-electron chi connectivity index (χ1n) is 14.1. The lowest BCUT2D eigenvalue weighted by Gasteiger charge is -2.41. The van der Waals surface area contributed by atoms with Gasteiger partial charge in [0.1, 0.15) is 17.8 Å². The SMILES string of the molecule is CC1CN(c2ccc(C(C)(F)F)cc2-c2cnc(N3CCC(=O)CC3)nc2)CCN1C(=O)Cn1cnc2cccnc21. The van der Waals surface area contributed by atoms with Crippen LogP contribution in [0.5, 0.6) is 0 Å². The molecule has 3 aromatic heterocycles.